The van der Waals surface area contributed by atoms with E-state index >= 15 is 0 Å². The maximum Gasteiger partial charge on any atom is 0.248 e. The zero-order chi connectivity index (χ0) is 19.6. The van der Waals surface area contributed by atoms with Crippen molar-refractivity contribution in [3.8, 4) is 0 Å². The quantitative estimate of drug-likeness (QED) is 0.831. The smallest absolute Gasteiger partial charge is 0.248 e. The van der Waals surface area contributed by atoms with Crippen LogP contribution in [0.4, 0.5) is 11.4 Å². The van der Waals surface area contributed by atoms with E-state index in [2.05, 4.69) is 5.32 Å². The van der Waals surface area contributed by atoms with Gasteiger partial charge in [-0.05, 0) is 62.6 Å². The van der Waals surface area contributed by atoms with Crippen LogP contribution < -0.4 is 9.62 Å². The molecule has 0 radical (unpaired) electrons. The van der Waals surface area contributed by atoms with Gasteiger partial charge in [0.2, 0.25) is 15.9 Å². The maximum atomic E-state index is 12.7. The lowest BCUT2D eigenvalue weighted by Crippen LogP contribution is -2.45. The number of anilines is 2. The summed E-state index contributed by atoms with van der Waals surface area (Å²) in [7, 11) is -3.69. The third-order valence-corrected chi connectivity index (χ3v) is 6.01. The minimum atomic E-state index is -3.69. The fourth-order valence-corrected chi connectivity index (χ4v) is 3.99. The first-order valence-electron chi connectivity index (χ1n) is 8.15. The van der Waals surface area contributed by atoms with E-state index in [4.69, 9.17) is 11.6 Å². The summed E-state index contributed by atoms with van der Waals surface area (Å²) in [5.41, 5.74) is 3.83. The SMILES string of the molecule is Cc1ccc(N([C@H](C)C(=O)Nc2cccc(C)c2C)S(C)(=O)=O)cc1Cl. The zero-order valence-corrected chi connectivity index (χ0v) is 17.1. The minimum Gasteiger partial charge on any atom is -0.324 e. The second kappa shape index (κ2) is 7.68. The zero-order valence-electron chi connectivity index (χ0n) is 15.5. The maximum absolute atomic E-state index is 12.7. The van der Waals surface area contributed by atoms with Gasteiger partial charge >= 0.3 is 0 Å². The Morgan fingerprint density at radius 3 is 2.35 bits per heavy atom. The predicted octanol–water partition coefficient (Wildman–Crippen LogP) is 4.06. The molecule has 1 atom stereocenters. The van der Waals surface area contributed by atoms with E-state index in [1.54, 1.807) is 31.2 Å². The number of halogens is 1. The van der Waals surface area contributed by atoms with Gasteiger partial charge in [-0.25, -0.2) is 8.42 Å². The van der Waals surface area contributed by atoms with Crippen molar-refractivity contribution in [1.29, 1.82) is 0 Å². The first-order valence-corrected chi connectivity index (χ1v) is 10.4. The molecule has 0 fully saturated rings. The van der Waals surface area contributed by atoms with Crippen LogP contribution in [-0.4, -0.2) is 26.6 Å². The number of amides is 1. The third-order valence-electron chi connectivity index (χ3n) is 4.36. The molecular weight excluding hydrogens is 372 g/mol. The van der Waals surface area contributed by atoms with Crippen molar-refractivity contribution in [2.45, 2.75) is 33.7 Å². The number of carbonyl (C=O) groups excluding carboxylic acids is 1. The molecule has 2 rings (SSSR count). The Hall–Kier alpha value is -2.05. The van der Waals surface area contributed by atoms with E-state index in [0.29, 0.717) is 16.4 Å². The van der Waals surface area contributed by atoms with Crippen LogP contribution in [0.5, 0.6) is 0 Å². The molecule has 0 saturated heterocycles. The van der Waals surface area contributed by atoms with Gasteiger partial charge in [0, 0.05) is 10.7 Å². The largest absolute Gasteiger partial charge is 0.324 e. The van der Waals surface area contributed by atoms with Crippen LogP contribution in [0.3, 0.4) is 0 Å². The first-order chi connectivity index (χ1) is 12.0. The number of rotatable bonds is 5. The molecule has 26 heavy (non-hydrogen) atoms. The van der Waals surface area contributed by atoms with Gasteiger partial charge in [-0.2, -0.15) is 0 Å². The predicted molar refractivity (Wildman–Crippen MR) is 108 cm³/mol. The Labute approximate surface area is 160 Å². The number of carbonyl (C=O) groups is 1. The molecule has 0 heterocycles. The lowest BCUT2D eigenvalue weighted by molar-refractivity contribution is -0.116. The molecule has 2 aromatic carbocycles. The Balaban J connectivity index is 2.37. The van der Waals surface area contributed by atoms with Crippen LogP contribution in [-0.2, 0) is 14.8 Å². The molecular formula is C19H23ClN2O3S. The number of nitrogens with one attached hydrogen (secondary N) is 1. The number of benzene rings is 2. The molecule has 0 bridgehead atoms. The monoisotopic (exact) mass is 394 g/mol. The van der Waals surface area contributed by atoms with Crippen LogP contribution in [0.2, 0.25) is 5.02 Å². The highest BCUT2D eigenvalue weighted by Gasteiger charge is 2.29. The molecule has 7 heteroatoms. The number of sulfonamides is 1. The molecule has 0 aromatic heterocycles. The number of nitrogens with zero attached hydrogens (tertiary/aromatic N) is 1. The van der Waals surface area contributed by atoms with E-state index in [1.165, 1.54) is 0 Å². The van der Waals surface area contributed by atoms with Crippen LogP contribution in [0.1, 0.15) is 23.6 Å². The molecule has 0 aliphatic carbocycles. The molecule has 0 saturated carbocycles. The molecule has 1 amide bonds. The number of aryl methyl sites for hydroxylation is 2. The van der Waals surface area contributed by atoms with Gasteiger partial charge in [0.05, 0.1) is 11.9 Å². The second-order valence-electron chi connectivity index (χ2n) is 6.40. The Morgan fingerprint density at radius 2 is 1.77 bits per heavy atom. The Morgan fingerprint density at radius 1 is 1.12 bits per heavy atom. The standard InChI is InChI=1S/C19H23ClN2O3S/c1-12-7-6-8-18(14(12)3)21-19(23)15(4)22(26(5,24)25)16-10-9-13(2)17(20)11-16/h6-11,15H,1-5H3,(H,21,23)/t15-/m1/s1. The average molecular weight is 395 g/mol. The summed E-state index contributed by atoms with van der Waals surface area (Å²) in [4.78, 5) is 12.7. The summed E-state index contributed by atoms with van der Waals surface area (Å²) in [6.45, 7) is 7.23. The lowest BCUT2D eigenvalue weighted by atomic mass is 10.1. The van der Waals surface area contributed by atoms with E-state index in [0.717, 1.165) is 27.3 Å². The molecule has 0 aliphatic rings. The summed E-state index contributed by atoms with van der Waals surface area (Å²) >= 11 is 6.14. The molecule has 2 aromatic rings. The van der Waals surface area contributed by atoms with Gasteiger partial charge < -0.3 is 5.32 Å². The van der Waals surface area contributed by atoms with E-state index in [-0.39, 0.29) is 0 Å². The van der Waals surface area contributed by atoms with Gasteiger partial charge in [-0.1, -0.05) is 29.8 Å². The number of hydrogen-bond acceptors (Lipinski definition) is 3. The van der Waals surface area contributed by atoms with E-state index in [9.17, 15) is 13.2 Å². The fraction of sp³-hybridized carbons (Fsp3) is 0.316. The molecule has 140 valence electrons. The van der Waals surface area contributed by atoms with Gasteiger partial charge in [-0.3, -0.25) is 9.10 Å². The highest BCUT2D eigenvalue weighted by atomic mass is 35.5. The van der Waals surface area contributed by atoms with Gasteiger partial charge in [0.15, 0.2) is 0 Å². The number of hydrogen-bond donors (Lipinski definition) is 1. The summed E-state index contributed by atoms with van der Waals surface area (Å²) in [5.74, 6) is -0.416. The van der Waals surface area contributed by atoms with Gasteiger partial charge in [-0.15, -0.1) is 0 Å². The normalized spacial score (nSPS) is 12.5. The highest BCUT2D eigenvalue weighted by molar-refractivity contribution is 7.92. The highest BCUT2D eigenvalue weighted by Crippen LogP contribution is 2.27. The fourth-order valence-electron chi connectivity index (χ4n) is 2.65. The summed E-state index contributed by atoms with van der Waals surface area (Å²) in [5, 5.41) is 3.26. The summed E-state index contributed by atoms with van der Waals surface area (Å²) in [6.07, 6.45) is 1.07. The summed E-state index contributed by atoms with van der Waals surface area (Å²) < 4.78 is 25.8. The van der Waals surface area contributed by atoms with Crippen molar-refractivity contribution in [1.82, 2.24) is 0 Å². The molecule has 1 N–H and O–H groups in total. The van der Waals surface area contributed by atoms with Crippen LogP contribution in [0, 0.1) is 20.8 Å². The van der Waals surface area contributed by atoms with E-state index < -0.39 is 22.0 Å². The molecule has 0 unspecified atom stereocenters. The van der Waals surface area contributed by atoms with Crippen molar-refractivity contribution in [2.75, 3.05) is 15.9 Å². The van der Waals surface area contributed by atoms with Crippen molar-refractivity contribution in [2.24, 2.45) is 0 Å². The van der Waals surface area contributed by atoms with Gasteiger partial charge in [0.25, 0.3) is 0 Å². The Bertz CT molecular complexity index is 942. The van der Waals surface area contributed by atoms with Crippen molar-refractivity contribution >= 4 is 38.9 Å². The summed E-state index contributed by atoms with van der Waals surface area (Å²) in [6, 6.07) is 9.57. The molecule has 5 nitrogen and oxygen atoms in total. The third kappa shape index (κ3) is 4.37. The topological polar surface area (TPSA) is 66.5 Å². The van der Waals surface area contributed by atoms with Crippen LogP contribution in [0.15, 0.2) is 36.4 Å². The minimum absolute atomic E-state index is 0.353. The molecule has 0 spiro atoms. The van der Waals surface area contributed by atoms with Crippen molar-refractivity contribution in [3.05, 3.63) is 58.1 Å². The Kier molecular flexibility index (Phi) is 5.98. The van der Waals surface area contributed by atoms with Crippen LogP contribution in [0.25, 0.3) is 0 Å². The van der Waals surface area contributed by atoms with Gasteiger partial charge in [0.1, 0.15) is 6.04 Å². The van der Waals surface area contributed by atoms with Crippen LogP contribution >= 0.6 is 11.6 Å². The van der Waals surface area contributed by atoms with Crippen molar-refractivity contribution in [3.63, 3.8) is 0 Å². The lowest BCUT2D eigenvalue weighted by Gasteiger charge is -2.28. The van der Waals surface area contributed by atoms with Crippen molar-refractivity contribution < 1.29 is 13.2 Å². The first kappa shape index (κ1) is 20.3. The van der Waals surface area contributed by atoms with E-state index in [1.807, 2.05) is 32.9 Å². The second-order valence-corrected chi connectivity index (χ2v) is 8.67. The average Bonchev–Trinajstić information content (AvgIpc) is 2.54. The molecule has 0 aliphatic heterocycles.